The van der Waals surface area contributed by atoms with E-state index >= 15 is 4.21 Å². The van der Waals surface area contributed by atoms with Crippen LogP contribution in [0.4, 0.5) is 0 Å². The van der Waals surface area contributed by atoms with Crippen molar-refractivity contribution in [3.05, 3.63) is 23.3 Å². The SMILES string of the molecule is CC[C@H](C)[C@@H]1CC(=O)CNC(=O)[C@H]2CC(=O)[C@H]([C@@H](C)[C@@H](O)CO)NC(=O)[C@@H]3C[C@@H](O)CN3C(=O)[C@H](CC(N)=O)NC(=O)[C@H](CS(=O)c3[nH]c4c(CSCCCC(=O)C5CCC(CNC(=O)C(C)CC(=O)O)CC5)c(OC)ccc4c3C2)NC(=O)CNC1=O. The number of nitrogens with two attached hydrogens (primary N) is 1. The summed E-state index contributed by atoms with van der Waals surface area (Å²) in [5.41, 5.74) is 6.68. The number of H-pyrrole nitrogens is 1. The number of nitrogens with zero attached hydrogens (tertiary/aromatic N) is 1. The lowest BCUT2D eigenvalue weighted by Gasteiger charge is -2.32. The van der Waals surface area contributed by atoms with Gasteiger partial charge in [-0.1, -0.05) is 34.1 Å². The number of aromatic amines is 1. The van der Waals surface area contributed by atoms with Gasteiger partial charge in [0.1, 0.15) is 34.7 Å². The van der Waals surface area contributed by atoms with Crippen LogP contribution in [-0.4, -0.2) is 193 Å². The van der Waals surface area contributed by atoms with Gasteiger partial charge in [0.25, 0.3) is 0 Å². The summed E-state index contributed by atoms with van der Waals surface area (Å²) in [5.74, 6) is -14.2. The number of carboxylic acid groups (broad SMARTS) is 1. The number of hydrogen-bond donors (Lipinski definition) is 12. The number of carboxylic acids is 1. The molecule has 1 saturated heterocycles. The molecule has 4 heterocycles. The Morgan fingerprint density at radius 2 is 1.61 bits per heavy atom. The highest BCUT2D eigenvalue weighted by atomic mass is 32.2. The van der Waals surface area contributed by atoms with Crippen LogP contribution in [0.2, 0.25) is 0 Å². The molecule has 1 saturated carbocycles. The van der Waals surface area contributed by atoms with E-state index in [4.69, 9.17) is 15.6 Å². The summed E-state index contributed by atoms with van der Waals surface area (Å²) in [7, 11) is -0.985. The molecule has 2 bridgehead atoms. The van der Waals surface area contributed by atoms with E-state index in [0.29, 0.717) is 66.6 Å². The molecule has 8 amide bonds. The summed E-state index contributed by atoms with van der Waals surface area (Å²) >= 11 is 1.46. The van der Waals surface area contributed by atoms with Crippen LogP contribution in [0.15, 0.2) is 17.2 Å². The van der Waals surface area contributed by atoms with Crippen molar-refractivity contribution >= 4 is 104 Å². The number of amides is 8. The van der Waals surface area contributed by atoms with Crippen LogP contribution in [0, 0.1) is 41.4 Å². The minimum absolute atomic E-state index is 0.0992. The Hall–Kier alpha value is -6.82. The number of carbonyl (C=O) groups is 12. The van der Waals surface area contributed by atoms with E-state index in [9.17, 15) is 72.9 Å². The number of ketones is 3. The average Bonchev–Trinajstić information content (AvgIpc) is 2.07. The summed E-state index contributed by atoms with van der Waals surface area (Å²) in [6, 6.07) is -3.70. The van der Waals surface area contributed by atoms with E-state index in [1.165, 1.54) is 25.8 Å². The van der Waals surface area contributed by atoms with Crippen LogP contribution < -0.4 is 42.4 Å². The number of aliphatic carboxylic acids is 1. The van der Waals surface area contributed by atoms with Crippen molar-refractivity contribution in [2.24, 2.45) is 47.2 Å². The largest absolute Gasteiger partial charge is 0.496 e. The lowest BCUT2D eigenvalue weighted by atomic mass is 9.79. The van der Waals surface area contributed by atoms with Crippen molar-refractivity contribution in [1.82, 2.24) is 41.8 Å². The van der Waals surface area contributed by atoms with Crippen molar-refractivity contribution in [3.8, 4) is 5.75 Å². The Bertz CT molecular complexity index is 2970. The van der Waals surface area contributed by atoms with E-state index < -0.39 is 193 Å². The number of nitrogens with one attached hydrogen (secondary N) is 7. The molecule has 6 rings (SSSR count). The van der Waals surface area contributed by atoms with Crippen LogP contribution in [0.5, 0.6) is 5.75 Å². The van der Waals surface area contributed by atoms with Gasteiger partial charge in [0.15, 0.2) is 11.6 Å². The number of carbonyl (C=O) groups excluding carboxylic acids is 11. The van der Waals surface area contributed by atoms with E-state index in [1.54, 1.807) is 32.9 Å². The second-order valence-corrected chi connectivity index (χ2v) is 26.3. The molecule has 4 aliphatic rings. The van der Waals surface area contributed by atoms with Crippen LogP contribution in [0.1, 0.15) is 116 Å². The molecule has 2 unspecified atom stereocenters. The van der Waals surface area contributed by atoms with Crippen molar-refractivity contribution in [1.29, 1.82) is 0 Å². The smallest absolute Gasteiger partial charge is 0.304 e. The first-order valence-electron chi connectivity index (χ1n) is 30.0. The standard InChI is InChI=1S/C59H85N9O18S2/c1-6-29(2)38-19-35(70)23-62-54(80)34-17-39-37-13-14-47(86-5)40(27-87-15-7-8-44(72)33-11-9-32(10-12-33)22-61-53(79)30(3)16-50(77)78)52(37)67-58(39)88(85)28-42(64-49(76)24-63-55(38)81)56(82)65-41(21-48(60)75)59(84)68-25-36(71)20-43(68)57(83)66-51(45(73)18-34)31(4)46(74)26-69/h13-14,29-34,36,38,41-43,46,51,67,69,71,74H,6-12,15-28H2,1-5H3,(H2,60,75)(H,61,79)(H,62,80)(H,63,81)(H,64,76)(H,65,82)(H,66,83)(H,77,78)/t29-,30?,31-,32?,33?,34+,36+,38-,41-,42-,43-,46-,51-,88?/m0/s1. The topological polar surface area (TPSA) is 429 Å². The Morgan fingerprint density at radius 3 is 2.27 bits per heavy atom. The van der Waals surface area contributed by atoms with E-state index in [-0.39, 0.29) is 52.7 Å². The fourth-order valence-electron chi connectivity index (χ4n) is 11.9. The molecular weight excluding hydrogens is 1190 g/mol. The number of thioether (sulfide) groups is 1. The number of aromatic nitrogens is 1. The number of aliphatic hydroxyl groups is 3. The molecule has 2 fully saturated rings. The zero-order valence-corrected chi connectivity index (χ0v) is 52.0. The van der Waals surface area contributed by atoms with E-state index in [2.05, 4.69) is 36.9 Å². The number of Topliss-reactive ketones (excluding diaryl/α,β-unsaturated/α-hetero) is 3. The van der Waals surface area contributed by atoms with Gasteiger partial charge in [-0.25, -0.2) is 0 Å². The molecule has 0 spiro atoms. The second kappa shape index (κ2) is 32.6. The van der Waals surface area contributed by atoms with Gasteiger partial charge < -0.3 is 72.7 Å². The molecule has 29 heteroatoms. The highest BCUT2D eigenvalue weighted by Gasteiger charge is 2.45. The number of hydrogen-bond acceptors (Lipinski definition) is 18. The van der Waals surface area contributed by atoms with Gasteiger partial charge in [-0.2, -0.15) is 11.8 Å². The molecule has 27 nitrogen and oxygen atoms in total. The summed E-state index contributed by atoms with van der Waals surface area (Å²) in [5, 5.41) is 56.8. The third kappa shape index (κ3) is 18.6. The molecule has 3 aliphatic heterocycles. The molecule has 2 aromatic rings. The minimum atomic E-state index is -2.42. The van der Waals surface area contributed by atoms with Crippen LogP contribution >= 0.6 is 11.8 Å². The van der Waals surface area contributed by atoms with Crippen LogP contribution in [0.25, 0.3) is 10.9 Å². The second-order valence-electron chi connectivity index (χ2n) is 23.8. The normalized spacial score (nSPS) is 27.1. The highest BCUT2D eigenvalue weighted by Crippen LogP contribution is 2.38. The summed E-state index contributed by atoms with van der Waals surface area (Å²) in [4.78, 5) is 169. The van der Waals surface area contributed by atoms with Crippen molar-refractivity contribution < 1.29 is 86.9 Å². The van der Waals surface area contributed by atoms with Gasteiger partial charge in [-0.05, 0) is 73.8 Å². The zero-order chi connectivity index (χ0) is 64.7. The maximum atomic E-state index is 15.4. The number of methoxy groups -OCH3 is 1. The fraction of sp³-hybridized carbons (Fsp3) is 0.661. The van der Waals surface area contributed by atoms with Crippen molar-refractivity contribution in [2.75, 3.05) is 51.4 Å². The summed E-state index contributed by atoms with van der Waals surface area (Å²) in [6.07, 6.45) is -2.11. The first kappa shape index (κ1) is 70.3. The molecule has 1 aliphatic carbocycles. The quantitative estimate of drug-likeness (QED) is 0.0721. The zero-order valence-electron chi connectivity index (χ0n) is 50.4. The Balaban J connectivity index is 1.40. The van der Waals surface area contributed by atoms with Crippen LogP contribution in [0.3, 0.4) is 0 Å². The fourth-order valence-corrected chi connectivity index (χ4v) is 14.3. The predicted molar refractivity (Wildman–Crippen MR) is 320 cm³/mol. The van der Waals surface area contributed by atoms with E-state index in [1.807, 2.05) is 0 Å². The Morgan fingerprint density at radius 1 is 0.909 bits per heavy atom. The third-order valence-corrected chi connectivity index (χ3v) is 19.9. The van der Waals surface area contributed by atoms with Gasteiger partial charge in [-0.3, -0.25) is 61.7 Å². The molecular formula is C59H85N9O18S2. The lowest BCUT2D eigenvalue weighted by molar-refractivity contribution is -0.144. The van der Waals surface area contributed by atoms with Crippen molar-refractivity contribution in [2.45, 2.75) is 158 Å². The van der Waals surface area contributed by atoms with Gasteiger partial charge >= 0.3 is 5.97 Å². The number of aliphatic hydroxyl groups excluding tert-OH is 3. The molecule has 486 valence electrons. The number of benzene rings is 1. The predicted octanol–water partition coefficient (Wildman–Crippen LogP) is -0.820. The first-order chi connectivity index (χ1) is 41.7. The number of ether oxygens (including phenoxy) is 1. The summed E-state index contributed by atoms with van der Waals surface area (Å²) in [6.45, 7) is 4.04. The molecule has 12 atom stereocenters. The Labute approximate surface area is 516 Å². The molecule has 0 radical (unpaired) electrons. The molecule has 1 aromatic heterocycles. The van der Waals surface area contributed by atoms with Gasteiger partial charge in [-0.15, -0.1) is 0 Å². The molecule has 13 N–H and O–H groups in total. The number of rotatable bonds is 20. The first-order valence-corrected chi connectivity index (χ1v) is 32.5. The number of fused-ring (bicyclic) bond motifs is 5. The third-order valence-electron chi connectivity index (χ3n) is 17.4. The summed E-state index contributed by atoms with van der Waals surface area (Å²) < 4.78 is 21.2. The number of primary amides is 1. The van der Waals surface area contributed by atoms with Gasteiger partial charge in [0.05, 0.1) is 80.0 Å². The van der Waals surface area contributed by atoms with Gasteiger partial charge in [0.2, 0.25) is 47.3 Å². The van der Waals surface area contributed by atoms with Crippen molar-refractivity contribution in [3.63, 3.8) is 0 Å². The highest BCUT2D eigenvalue weighted by molar-refractivity contribution is 7.98. The molecule has 1 aromatic carbocycles. The minimum Gasteiger partial charge on any atom is -0.496 e. The lowest BCUT2D eigenvalue weighted by Crippen LogP contribution is -2.60. The van der Waals surface area contributed by atoms with Crippen LogP contribution in [-0.2, 0) is 80.5 Å². The van der Waals surface area contributed by atoms with Gasteiger partial charge in [0, 0.05) is 85.1 Å². The maximum absolute atomic E-state index is 15.4. The van der Waals surface area contributed by atoms with E-state index in [0.717, 1.165) is 17.7 Å². The monoisotopic (exact) mass is 1270 g/mol. The maximum Gasteiger partial charge on any atom is 0.304 e. The average molecular weight is 1270 g/mol. The Kier molecular flexibility index (Phi) is 26.0. The molecule has 88 heavy (non-hydrogen) atoms.